The topological polar surface area (TPSA) is 38.3 Å². The lowest BCUT2D eigenvalue weighted by atomic mass is 10.0. The molecule has 21 heavy (non-hydrogen) atoms. The van der Waals surface area contributed by atoms with Gasteiger partial charge in [0.05, 0.1) is 6.04 Å². The van der Waals surface area contributed by atoms with Gasteiger partial charge >= 0.3 is 5.97 Å². The van der Waals surface area contributed by atoms with Crippen LogP contribution in [-0.2, 0) is 9.53 Å². The Labute approximate surface area is 124 Å². The highest BCUT2D eigenvalue weighted by atomic mass is 16.5. The standard InChI is InChI=1S/C18H17NO2/c1-13-12-16(21-18(13)20)17(14-8-4-2-5-9-14)19-15-10-6-3-7-11-15/h2-12,16-17,19H,1H3/t16-,17-/m0/s1. The summed E-state index contributed by atoms with van der Waals surface area (Å²) < 4.78 is 5.47. The van der Waals surface area contributed by atoms with Crippen molar-refractivity contribution in [3.8, 4) is 0 Å². The van der Waals surface area contributed by atoms with Gasteiger partial charge in [-0.05, 0) is 30.7 Å². The van der Waals surface area contributed by atoms with Crippen molar-refractivity contribution in [2.24, 2.45) is 0 Å². The molecule has 1 heterocycles. The number of rotatable bonds is 4. The molecule has 3 rings (SSSR count). The quantitative estimate of drug-likeness (QED) is 0.867. The highest BCUT2D eigenvalue weighted by Gasteiger charge is 2.30. The minimum atomic E-state index is -0.292. The maximum absolute atomic E-state index is 11.7. The third-order valence-electron chi connectivity index (χ3n) is 3.56. The number of nitrogens with one attached hydrogen (secondary N) is 1. The fourth-order valence-electron chi connectivity index (χ4n) is 2.46. The van der Waals surface area contributed by atoms with Crippen LogP contribution >= 0.6 is 0 Å². The molecule has 1 aliphatic heterocycles. The minimum absolute atomic E-state index is 0.102. The molecule has 0 unspecified atom stereocenters. The van der Waals surface area contributed by atoms with Crippen LogP contribution in [0.4, 0.5) is 5.69 Å². The van der Waals surface area contributed by atoms with Crippen molar-refractivity contribution in [2.45, 2.75) is 19.1 Å². The van der Waals surface area contributed by atoms with Gasteiger partial charge in [-0.1, -0.05) is 48.5 Å². The van der Waals surface area contributed by atoms with E-state index >= 15 is 0 Å². The zero-order valence-corrected chi connectivity index (χ0v) is 11.8. The first-order valence-corrected chi connectivity index (χ1v) is 7.00. The minimum Gasteiger partial charge on any atom is -0.452 e. The number of benzene rings is 2. The summed E-state index contributed by atoms with van der Waals surface area (Å²) in [6, 6.07) is 19.9. The molecule has 0 fully saturated rings. The zero-order valence-electron chi connectivity index (χ0n) is 11.8. The molecule has 2 atom stereocenters. The molecule has 1 N–H and O–H groups in total. The van der Waals surface area contributed by atoms with Crippen LogP contribution in [0.1, 0.15) is 18.5 Å². The van der Waals surface area contributed by atoms with E-state index in [2.05, 4.69) is 5.32 Å². The Morgan fingerprint density at radius 1 is 1.00 bits per heavy atom. The Kier molecular flexibility index (Phi) is 3.73. The molecule has 0 aromatic heterocycles. The summed E-state index contributed by atoms with van der Waals surface area (Å²) in [5.74, 6) is -0.240. The predicted molar refractivity (Wildman–Crippen MR) is 82.9 cm³/mol. The van der Waals surface area contributed by atoms with Crippen molar-refractivity contribution in [3.63, 3.8) is 0 Å². The van der Waals surface area contributed by atoms with Crippen molar-refractivity contribution < 1.29 is 9.53 Å². The van der Waals surface area contributed by atoms with Gasteiger partial charge < -0.3 is 10.1 Å². The summed E-state index contributed by atoms with van der Waals surface area (Å²) in [5.41, 5.74) is 2.75. The molecule has 0 bridgehead atoms. The third kappa shape index (κ3) is 2.97. The number of esters is 1. The van der Waals surface area contributed by atoms with Crippen molar-refractivity contribution in [1.29, 1.82) is 0 Å². The molecular weight excluding hydrogens is 262 g/mol. The second-order valence-corrected chi connectivity index (χ2v) is 5.12. The van der Waals surface area contributed by atoms with E-state index in [1.165, 1.54) is 0 Å². The number of para-hydroxylation sites is 1. The van der Waals surface area contributed by atoms with E-state index in [-0.39, 0.29) is 18.1 Å². The van der Waals surface area contributed by atoms with Crippen LogP contribution in [-0.4, -0.2) is 12.1 Å². The number of cyclic esters (lactones) is 1. The molecule has 3 nitrogen and oxygen atoms in total. The second kappa shape index (κ2) is 5.83. The van der Waals surface area contributed by atoms with Gasteiger partial charge in [-0.2, -0.15) is 0 Å². The first kappa shape index (κ1) is 13.4. The lowest BCUT2D eigenvalue weighted by Gasteiger charge is -2.24. The van der Waals surface area contributed by atoms with E-state index in [1.807, 2.05) is 66.7 Å². The predicted octanol–water partition coefficient (Wildman–Crippen LogP) is 3.71. The van der Waals surface area contributed by atoms with E-state index in [1.54, 1.807) is 6.92 Å². The van der Waals surface area contributed by atoms with Gasteiger partial charge in [-0.3, -0.25) is 0 Å². The number of hydrogen-bond acceptors (Lipinski definition) is 3. The smallest absolute Gasteiger partial charge is 0.334 e. The Bertz CT molecular complexity index is 649. The Morgan fingerprint density at radius 3 is 2.19 bits per heavy atom. The molecule has 2 aromatic rings. The first-order valence-electron chi connectivity index (χ1n) is 7.00. The number of carbonyl (C=O) groups is 1. The Morgan fingerprint density at radius 2 is 1.62 bits per heavy atom. The van der Waals surface area contributed by atoms with Gasteiger partial charge in [-0.15, -0.1) is 0 Å². The van der Waals surface area contributed by atoms with Crippen LogP contribution in [0.3, 0.4) is 0 Å². The molecule has 2 aromatic carbocycles. The van der Waals surface area contributed by atoms with Crippen molar-refractivity contribution >= 4 is 11.7 Å². The molecule has 0 saturated heterocycles. The monoisotopic (exact) mass is 279 g/mol. The van der Waals surface area contributed by atoms with Crippen molar-refractivity contribution in [1.82, 2.24) is 0 Å². The maximum Gasteiger partial charge on any atom is 0.334 e. The Balaban J connectivity index is 1.91. The van der Waals surface area contributed by atoms with Crippen LogP contribution in [0.15, 0.2) is 72.3 Å². The average Bonchev–Trinajstić information content (AvgIpc) is 2.86. The fourth-order valence-corrected chi connectivity index (χ4v) is 2.46. The lowest BCUT2D eigenvalue weighted by molar-refractivity contribution is -0.140. The Hall–Kier alpha value is -2.55. The zero-order chi connectivity index (χ0) is 14.7. The van der Waals surface area contributed by atoms with Crippen LogP contribution in [0, 0.1) is 0 Å². The van der Waals surface area contributed by atoms with Crippen molar-refractivity contribution in [2.75, 3.05) is 5.32 Å². The fraction of sp³-hybridized carbons (Fsp3) is 0.167. The van der Waals surface area contributed by atoms with Gasteiger partial charge in [0.15, 0.2) is 0 Å². The van der Waals surface area contributed by atoms with Gasteiger partial charge in [0.25, 0.3) is 0 Å². The molecule has 0 amide bonds. The number of ether oxygens (including phenoxy) is 1. The molecule has 0 saturated carbocycles. The normalized spacial score (nSPS) is 18.8. The lowest BCUT2D eigenvalue weighted by Crippen LogP contribution is -2.25. The number of hydrogen-bond donors (Lipinski definition) is 1. The summed E-state index contributed by atoms with van der Waals surface area (Å²) in [7, 11) is 0. The van der Waals surface area contributed by atoms with Crippen LogP contribution in [0.2, 0.25) is 0 Å². The van der Waals surface area contributed by atoms with Crippen LogP contribution in [0.25, 0.3) is 0 Å². The third-order valence-corrected chi connectivity index (χ3v) is 3.56. The van der Waals surface area contributed by atoms with E-state index in [9.17, 15) is 4.79 Å². The van der Waals surface area contributed by atoms with E-state index in [0.29, 0.717) is 5.57 Å². The van der Waals surface area contributed by atoms with E-state index in [0.717, 1.165) is 11.3 Å². The van der Waals surface area contributed by atoms with Crippen molar-refractivity contribution in [3.05, 3.63) is 77.9 Å². The van der Waals surface area contributed by atoms with Gasteiger partial charge in [-0.25, -0.2) is 4.79 Å². The summed E-state index contributed by atoms with van der Waals surface area (Å²) >= 11 is 0. The molecule has 3 heteroatoms. The summed E-state index contributed by atoms with van der Waals surface area (Å²) in [5, 5.41) is 3.46. The second-order valence-electron chi connectivity index (χ2n) is 5.12. The molecule has 0 aliphatic carbocycles. The molecular formula is C18H17NO2. The largest absolute Gasteiger partial charge is 0.452 e. The average molecular weight is 279 g/mol. The van der Waals surface area contributed by atoms with Crippen LogP contribution < -0.4 is 5.32 Å². The summed E-state index contributed by atoms with van der Waals surface area (Å²) in [4.78, 5) is 11.7. The van der Waals surface area contributed by atoms with Crippen LogP contribution in [0.5, 0.6) is 0 Å². The SMILES string of the molecule is CC1=C[C@@H]([C@@H](Nc2ccccc2)c2ccccc2)OC1=O. The van der Waals surface area contributed by atoms with Gasteiger partial charge in [0, 0.05) is 11.3 Å². The van der Waals surface area contributed by atoms with E-state index in [4.69, 9.17) is 4.74 Å². The summed E-state index contributed by atoms with van der Waals surface area (Å²) in [6.45, 7) is 1.78. The highest BCUT2D eigenvalue weighted by Crippen LogP contribution is 2.29. The molecule has 0 radical (unpaired) electrons. The number of anilines is 1. The summed E-state index contributed by atoms with van der Waals surface area (Å²) in [6.07, 6.45) is 1.59. The molecule has 106 valence electrons. The maximum atomic E-state index is 11.7. The highest BCUT2D eigenvalue weighted by molar-refractivity contribution is 5.90. The van der Waals surface area contributed by atoms with E-state index < -0.39 is 0 Å². The molecule has 1 aliphatic rings. The first-order chi connectivity index (χ1) is 10.2. The van der Waals surface area contributed by atoms with Gasteiger partial charge in [0.2, 0.25) is 0 Å². The molecule has 0 spiro atoms. The number of carbonyl (C=O) groups excluding carboxylic acids is 1. The van der Waals surface area contributed by atoms with Gasteiger partial charge in [0.1, 0.15) is 6.10 Å².